The van der Waals surface area contributed by atoms with Gasteiger partial charge >= 0.3 is 0 Å². The fraction of sp³-hybridized carbons (Fsp3) is 0.370. The number of ether oxygens (including phenoxy) is 1. The van der Waals surface area contributed by atoms with Gasteiger partial charge < -0.3 is 4.74 Å². The van der Waals surface area contributed by atoms with Crippen molar-refractivity contribution in [3.63, 3.8) is 0 Å². The van der Waals surface area contributed by atoms with Crippen LogP contribution in [0.15, 0.2) is 42.7 Å². The molecular weight excluding hydrogens is 434 g/mol. The topological polar surface area (TPSA) is 52.8 Å². The minimum atomic E-state index is -0.594. The van der Waals surface area contributed by atoms with E-state index in [9.17, 15) is 8.78 Å². The Balaban J connectivity index is 1.41. The second kappa shape index (κ2) is 8.24. The lowest BCUT2D eigenvalue weighted by atomic mass is 9.88. The molecule has 5 nitrogen and oxygen atoms in total. The molecule has 0 amide bonds. The van der Waals surface area contributed by atoms with Gasteiger partial charge in [0.15, 0.2) is 5.65 Å². The molecule has 2 aliphatic rings. The van der Waals surface area contributed by atoms with Gasteiger partial charge in [-0.25, -0.2) is 18.7 Å². The maximum Gasteiger partial charge on any atom is 0.160 e. The number of benzene rings is 1. The van der Waals surface area contributed by atoms with E-state index in [0.29, 0.717) is 29.4 Å². The van der Waals surface area contributed by atoms with Crippen molar-refractivity contribution < 1.29 is 13.5 Å². The lowest BCUT2D eigenvalue weighted by Crippen LogP contribution is -2.19. The predicted molar refractivity (Wildman–Crippen MR) is 126 cm³/mol. The van der Waals surface area contributed by atoms with E-state index in [2.05, 4.69) is 11.3 Å². The normalized spacial score (nSPS) is 20.7. The Kier molecular flexibility index (Phi) is 5.17. The second-order valence-electron chi connectivity index (χ2n) is 9.55. The molecule has 1 aliphatic carbocycles. The third-order valence-corrected chi connectivity index (χ3v) is 7.10. The summed E-state index contributed by atoms with van der Waals surface area (Å²) in [4.78, 5) is 9.64. The van der Waals surface area contributed by atoms with E-state index in [-0.39, 0.29) is 12.0 Å². The lowest BCUT2D eigenvalue weighted by Gasteiger charge is -2.29. The summed E-state index contributed by atoms with van der Waals surface area (Å²) >= 11 is 0. The van der Waals surface area contributed by atoms with Crippen LogP contribution in [0.2, 0.25) is 0 Å². The number of halogens is 2. The fourth-order valence-corrected chi connectivity index (χ4v) is 4.85. The molecule has 4 heterocycles. The molecule has 7 heteroatoms. The van der Waals surface area contributed by atoms with Crippen LogP contribution in [0.5, 0.6) is 0 Å². The highest BCUT2D eigenvalue weighted by molar-refractivity contribution is 5.93. The summed E-state index contributed by atoms with van der Waals surface area (Å²) in [6.07, 6.45) is 7.92. The zero-order valence-corrected chi connectivity index (χ0v) is 19.3. The lowest BCUT2D eigenvalue weighted by molar-refractivity contribution is 0.00464. The smallest absolute Gasteiger partial charge is 0.160 e. The highest BCUT2D eigenvalue weighted by Crippen LogP contribution is 2.41. The van der Waals surface area contributed by atoms with Gasteiger partial charge in [0.1, 0.15) is 11.6 Å². The van der Waals surface area contributed by atoms with Gasteiger partial charge in [-0.1, -0.05) is 0 Å². The van der Waals surface area contributed by atoms with Gasteiger partial charge in [0, 0.05) is 52.7 Å². The molecule has 0 bridgehead atoms. The highest BCUT2D eigenvalue weighted by atomic mass is 19.1. The SMILES string of the molecule is Cc1cc2c(-c3ccc(F)cc3F)cc([C@H]3CCO[C@@H](c4cnn(C5CC5)c4)C3)nc2nc1C. The van der Waals surface area contributed by atoms with Crippen molar-refractivity contribution in [2.45, 2.75) is 57.6 Å². The largest absolute Gasteiger partial charge is 0.373 e. The van der Waals surface area contributed by atoms with Gasteiger partial charge in [-0.15, -0.1) is 0 Å². The standard InChI is InChI=1S/C27H26F2N4O/c1-15-9-23-22(21-6-3-19(28)11-24(21)29)12-25(32-27(23)31-16(15)2)17-7-8-34-26(10-17)18-13-30-33(14-18)20-4-5-20/h3,6,9,11-14,17,20,26H,4-5,7-8,10H2,1-2H3/t17-,26+/m0/s1. The van der Waals surface area contributed by atoms with Crippen LogP contribution in [-0.2, 0) is 4.74 Å². The van der Waals surface area contributed by atoms with Gasteiger partial charge in [-0.05, 0) is 74.9 Å². The fourth-order valence-electron chi connectivity index (χ4n) is 4.85. The summed E-state index contributed by atoms with van der Waals surface area (Å²) in [6.45, 7) is 4.54. The Hall–Kier alpha value is -3.19. The number of hydrogen-bond donors (Lipinski definition) is 0. The number of pyridine rings is 2. The Morgan fingerprint density at radius 3 is 2.65 bits per heavy atom. The Bertz CT molecular complexity index is 1400. The van der Waals surface area contributed by atoms with Crippen molar-refractivity contribution >= 4 is 11.0 Å². The van der Waals surface area contributed by atoms with Crippen LogP contribution >= 0.6 is 0 Å². The number of hydrogen-bond acceptors (Lipinski definition) is 4. The van der Waals surface area contributed by atoms with Gasteiger partial charge in [0.2, 0.25) is 0 Å². The number of aromatic nitrogens is 4. The van der Waals surface area contributed by atoms with Crippen molar-refractivity contribution in [1.82, 2.24) is 19.7 Å². The van der Waals surface area contributed by atoms with Crippen LogP contribution in [0.3, 0.4) is 0 Å². The zero-order chi connectivity index (χ0) is 23.4. The first kappa shape index (κ1) is 21.4. The van der Waals surface area contributed by atoms with E-state index in [0.717, 1.165) is 46.8 Å². The highest BCUT2D eigenvalue weighted by Gasteiger charge is 2.30. The Labute approximate surface area is 196 Å². The molecule has 4 aromatic rings. The molecular formula is C27H26F2N4O. The maximum atomic E-state index is 14.9. The molecule has 6 rings (SSSR count). The minimum absolute atomic E-state index is 0.0533. The monoisotopic (exact) mass is 460 g/mol. The predicted octanol–water partition coefficient (Wildman–Crippen LogP) is 6.36. The van der Waals surface area contributed by atoms with Crippen LogP contribution in [0.1, 0.15) is 66.3 Å². The van der Waals surface area contributed by atoms with Crippen molar-refractivity contribution in [2.24, 2.45) is 0 Å². The zero-order valence-electron chi connectivity index (χ0n) is 19.3. The van der Waals surface area contributed by atoms with E-state index in [1.54, 1.807) is 0 Å². The summed E-state index contributed by atoms with van der Waals surface area (Å²) < 4.78 is 36.6. The van der Waals surface area contributed by atoms with E-state index >= 15 is 0 Å². The molecule has 0 radical (unpaired) electrons. The molecule has 1 saturated carbocycles. The quantitative estimate of drug-likeness (QED) is 0.356. The number of nitrogens with zero attached hydrogens (tertiary/aromatic N) is 4. The molecule has 2 atom stereocenters. The second-order valence-corrected chi connectivity index (χ2v) is 9.55. The van der Waals surface area contributed by atoms with Crippen LogP contribution in [-0.4, -0.2) is 26.4 Å². The molecule has 0 unspecified atom stereocenters. The molecule has 3 aromatic heterocycles. The Morgan fingerprint density at radius 2 is 1.85 bits per heavy atom. The van der Waals surface area contributed by atoms with Gasteiger partial charge in [-0.3, -0.25) is 4.68 Å². The van der Waals surface area contributed by atoms with Gasteiger partial charge in [0.05, 0.1) is 18.3 Å². The van der Waals surface area contributed by atoms with Crippen molar-refractivity contribution in [3.05, 3.63) is 76.9 Å². The summed E-state index contributed by atoms with van der Waals surface area (Å²) in [5, 5.41) is 5.29. The maximum absolute atomic E-state index is 14.9. The summed E-state index contributed by atoms with van der Waals surface area (Å²) in [5.74, 6) is -1.05. The van der Waals surface area contributed by atoms with Crippen molar-refractivity contribution in [3.8, 4) is 11.1 Å². The molecule has 2 fully saturated rings. The van der Waals surface area contributed by atoms with Gasteiger partial charge in [0.25, 0.3) is 0 Å². The first-order chi connectivity index (χ1) is 16.5. The first-order valence-electron chi connectivity index (χ1n) is 11.9. The summed E-state index contributed by atoms with van der Waals surface area (Å²) in [6, 6.07) is 8.19. The first-order valence-corrected chi connectivity index (χ1v) is 11.9. The van der Waals surface area contributed by atoms with E-state index in [1.165, 1.54) is 25.0 Å². The molecule has 1 aromatic carbocycles. The molecule has 0 N–H and O–H groups in total. The molecule has 1 aliphatic heterocycles. The van der Waals surface area contributed by atoms with Crippen LogP contribution < -0.4 is 0 Å². The minimum Gasteiger partial charge on any atom is -0.373 e. The molecule has 174 valence electrons. The van der Waals surface area contributed by atoms with E-state index in [4.69, 9.17) is 14.7 Å². The Morgan fingerprint density at radius 1 is 1.00 bits per heavy atom. The number of rotatable bonds is 4. The van der Waals surface area contributed by atoms with Crippen LogP contribution in [0.4, 0.5) is 8.78 Å². The van der Waals surface area contributed by atoms with E-state index in [1.807, 2.05) is 36.9 Å². The van der Waals surface area contributed by atoms with Crippen LogP contribution in [0.25, 0.3) is 22.2 Å². The average Bonchev–Trinajstić information content (AvgIpc) is 3.56. The summed E-state index contributed by atoms with van der Waals surface area (Å²) in [5.41, 5.74) is 5.48. The van der Waals surface area contributed by atoms with E-state index < -0.39 is 11.6 Å². The molecule has 34 heavy (non-hydrogen) atoms. The van der Waals surface area contributed by atoms with Crippen molar-refractivity contribution in [1.29, 1.82) is 0 Å². The number of fused-ring (bicyclic) bond motifs is 1. The summed E-state index contributed by atoms with van der Waals surface area (Å²) in [7, 11) is 0. The van der Waals surface area contributed by atoms with Gasteiger partial charge in [-0.2, -0.15) is 5.10 Å². The molecule has 0 spiro atoms. The molecule has 1 saturated heterocycles. The average molecular weight is 461 g/mol. The third kappa shape index (κ3) is 3.88. The van der Waals surface area contributed by atoms with Crippen LogP contribution in [0, 0.1) is 25.5 Å². The third-order valence-electron chi connectivity index (χ3n) is 7.10. The van der Waals surface area contributed by atoms with Crippen molar-refractivity contribution in [2.75, 3.05) is 6.61 Å². The number of aryl methyl sites for hydroxylation is 2.